The van der Waals surface area contributed by atoms with Crippen molar-refractivity contribution in [2.24, 2.45) is 5.92 Å². The smallest absolute Gasteiger partial charge is 0.241 e. The van der Waals surface area contributed by atoms with Gasteiger partial charge < -0.3 is 25.0 Å². The summed E-state index contributed by atoms with van der Waals surface area (Å²) >= 11 is 0. The summed E-state index contributed by atoms with van der Waals surface area (Å²) in [6, 6.07) is 38.6. The summed E-state index contributed by atoms with van der Waals surface area (Å²) in [6.45, 7) is 6.31. The second-order valence-electron chi connectivity index (χ2n) is 15.2. The second kappa shape index (κ2) is 18.3. The van der Waals surface area contributed by atoms with Crippen molar-refractivity contribution in [1.82, 2.24) is 14.9 Å². The van der Waals surface area contributed by atoms with Crippen LogP contribution in [0.25, 0.3) is 11.1 Å². The zero-order chi connectivity index (χ0) is 39.9. The fraction of sp³-hybridized carbons (Fsp3) is 0.326. The number of ether oxygens (including phenoxy) is 2. The quantitative estimate of drug-likeness (QED) is 0.104. The number of likely N-dealkylation sites (tertiary alicyclic amines) is 1. The van der Waals surface area contributed by atoms with Crippen molar-refractivity contribution in [3.63, 3.8) is 0 Å². The Morgan fingerprint density at radius 2 is 1.53 bits per heavy atom. The lowest BCUT2D eigenvalue weighted by molar-refractivity contribution is -0.276. The number of rotatable bonds is 14. The Labute approximate surface area is 335 Å². The van der Waals surface area contributed by atoms with Crippen molar-refractivity contribution in [1.29, 1.82) is 0 Å². The molecule has 2 heterocycles. The maximum atomic E-state index is 13.8. The third-order valence-electron chi connectivity index (χ3n) is 11.0. The third-order valence-corrected chi connectivity index (χ3v) is 12.5. The lowest BCUT2D eigenvalue weighted by atomic mass is 9.90. The summed E-state index contributed by atoms with van der Waals surface area (Å²) in [5.74, 6) is -0.399. The molecular weight excluding hydrogens is 739 g/mol. The number of benzene rings is 5. The summed E-state index contributed by atoms with van der Waals surface area (Å²) in [7, 11) is -3.98. The van der Waals surface area contributed by atoms with E-state index < -0.39 is 28.3 Å². The van der Waals surface area contributed by atoms with Crippen molar-refractivity contribution in [3.8, 4) is 11.1 Å². The van der Waals surface area contributed by atoms with E-state index in [1.807, 2.05) is 110 Å². The molecular formula is C46H51N3O7S. The number of β-amino-alcohol motifs (C(OH)–C–C–N with tert-alkyl or cyclic N) is 1. The van der Waals surface area contributed by atoms with E-state index in [1.165, 1.54) is 0 Å². The molecule has 0 spiro atoms. The van der Waals surface area contributed by atoms with Gasteiger partial charge in [-0.3, -0.25) is 9.69 Å². The minimum Gasteiger partial charge on any atom is -0.392 e. The van der Waals surface area contributed by atoms with E-state index in [9.17, 15) is 23.4 Å². The molecule has 0 radical (unpaired) electrons. The Hall–Kier alpha value is -4.72. The van der Waals surface area contributed by atoms with Gasteiger partial charge in [-0.15, -0.1) is 0 Å². The van der Waals surface area contributed by atoms with Gasteiger partial charge in [-0.1, -0.05) is 128 Å². The van der Waals surface area contributed by atoms with Crippen LogP contribution < -0.4 is 10.0 Å². The van der Waals surface area contributed by atoms with E-state index in [1.54, 1.807) is 24.3 Å². The number of aliphatic hydroxyl groups excluding tert-OH is 2. The van der Waals surface area contributed by atoms with Crippen LogP contribution >= 0.6 is 0 Å². The molecule has 2 fully saturated rings. The third kappa shape index (κ3) is 10.1. The number of aryl methyl sites for hydroxylation is 1. The second-order valence-corrected chi connectivity index (χ2v) is 16.9. The first kappa shape index (κ1) is 40.5. The number of carbonyl (C=O) groups excluding carboxylic acids is 1. The van der Waals surface area contributed by atoms with Crippen LogP contribution in [0.5, 0.6) is 0 Å². The summed E-state index contributed by atoms with van der Waals surface area (Å²) in [6.07, 6.45) is -0.413. The van der Waals surface area contributed by atoms with Gasteiger partial charge in [0, 0.05) is 37.7 Å². The lowest BCUT2D eigenvalue weighted by Gasteiger charge is -2.42. The highest BCUT2D eigenvalue weighted by Crippen LogP contribution is 2.42. The average molecular weight is 790 g/mol. The number of hydrogen-bond acceptors (Lipinski definition) is 8. The number of aliphatic hydroxyl groups is 2. The standard InChI is InChI=1S/C46H51N3O7S/c1-31-12-22-40(23-13-31)57(53,54)48-42(26-33-8-4-3-5-9-33)45(52)47-27-38-10-6-7-11-41(38)35-18-20-37(21-19-35)46-55-43(29-49-25-24-39(51)28-49)32(2)44(56-46)36-16-14-34(30-50)15-17-36/h3-23,32,39,42-44,46,48,50-51H,24-30H2,1-2H3,(H,47,52)/t32-,39-,42+,43+,44+,46+/m0/s1. The predicted octanol–water partition coefficient (Wildman–Crippen LogP) is 6.22. The molecule has 0 saturated carbocycles. The zero-order valence-corrected chi connectivity index (χ0v) is 33.1. The topological polar surface area (TPSA) is 137 Å². The van der Waals surface area contributed by atoms with Gasteiger partial charge in [0.1, 0.15) is 6.04 Å². The first-order valence-electron chi connectivity index (χ1n) is 19.6. The van der Waals surface area contributed by atoms with Gasteiger partial charge in [0.05, 0.1) is 29.8 Å². The van der Waals surface area contributed by atoms with E-state index in [-0.39, 0.29) is 48.7 Å². The van der Waals surface area contributed by atoms with Crippen LogP contribution in [-0.2, 0) is 43.9 Å². The molecule has 5 aromatic rings. The molecule has 57 heavy (non-hydrogen) atoms. The van der Waals surface area contributed by atoms with Gasteiger partial charge in [0.25, 0.3) is 0 Å². The van der Waals surface area contributed by atoms with Crippen LogP contribution in [0.4, 0.5) is 0 Å². The van der Waals surface area contributed by atoms with Crippen LogP contribution in [0.15, 0.2) is 132 Å². The van der Waals surface area contributed by atoms with Gasteiger partial charge in [0.2, 0.25) is 15.9 Å². The Kier molecular flexibility index (Phi) is 13.0. The Morgan fingerprint density at radius 1 is 0.842 bits per heavy atom. The fourth-order valence-electron chi connectivity index (χ4n) is 7.65. The molecule has 298 valence electrons. The van der Waals surface area contributed by atoms with Crippen molar-refractivity contribution in [3.05, 3.63) is 161 Å². The maximum Gasteiger partial charge on any atom is 0.241 e. The molecule has 1 amide bonds. The molecule has 11 heteroatoms. The number of carbonyl (C=O) groups is 1. The van der Waals surface area contributed by atoms with Crippen LogP contribution in [0, 0.1) is 12.8 Å². The maximum absolute atomic E-state index is 13.8. The molecule has 0 aromatic heterocycles. The number of sulfonamides is 1. The van der Waals surface area contributed by atoms with Crippen LogP contribution in [0.1, 0.15) is 59.1 Å². The Bertz CT molecular complexity index is 2200. The van der Waals surface area contributed by atoms with E-state index in [0.29, 0.717) is 13.1 Å². The molecule has 2 aliphatic rings. The molecule has 2 aliphatic heterocycles. The van der Waals surface area contributed by atoms with Gasteiger partial charge in [-0.05, 0) is 65.3 Å². The highest BCUT2D eigenvalue weighted by molar-refractivity contribution is 7.89. The monoisotopic (exact) mass is 789 g/mol. The molecule has 7 rings (SSSR count). The van der Waals surface area contributed by atoms with Gasteiger partial charge in [0.15, 0.2) is 6.29 Å². The Balaban J connectivity index is 1.08. The van der Waals surface area contributed by atoms with Crippen molar-refractivity contribution in [2.45, 2.75) is 75.4 Å². The minimum atomic E-state index is -3.98. The van der Waals surface area contributed by atoms with E-state index in [2.05, 4.69) is 21.9 Å². The van der Waals surface area contributed by atoms with Crippen LogP contribution in [0.3, 0.4) is 0 Å². The van der Waals surface area contributed by atoms with Crippen molar-refractivity contribution in [2.75, 3.05) is 19.6 Å². The fourth-order valence-corrected chi connectivity index (χ4v) is 8.85. The predicted molar refractivity (Wildman–Crippen MR) is 219 cm³/mol. The molecule has 6 atom stereocenters. The molecule has 10 nitrogen and oxygen atoms in total. The largest absolute Gasteiger partial charge is 0.392 e. The molecule has 5 aromatic carbocycles. The van der Waals surface area contributed by atoms with Crippen molar-refractivity contribution < 1.29 is 32.9 Å². The van der Waals surface area contributed by atoms with Gasteiger partial charge in [-0.25, -0.2) is 8.42 Å². The van der Waals surface area contributed by atoms with Gasteiger partial charge in [-0.2, -0.15) is 4.72 Å². The highest BCUT2D eigenvalue weighted by Gasteiger charge is 2.40. The normalized spacial score (nSPS) is 21.9. The molecule has 2 saturated heterocycles. The van der Waals surface area contributed by atoms with Crippen molar-refractivity contribution >= 4 is 15.9 Å². The summed E-state index contributed by atoms with van der Waals surface area (Å²) in [4.78, 5) is 16.1. The number of nitrogens with one attached hydrogen (secondary N) is 2. The van der Waals surface area contributed by atoms with Crippen LogP contribution in [-0.4, -0.2) is 67.3 Å². The summed E-state index contributed by atoms with van der Waals surface area (Å²) < 4.78 is 42.8. The molecule has 0 bridgehead atoms. The van der Waals surface area contributed by atoms with Crippen LogP contribution in [0.2, 0.25) is 0 Å². The van der Waals surface area contributed by atoms with E-state index in [0.717, 1.165) is 57.5 Å². The average Bonchev–Trinajstić information content (AvgIpc) is 3.65. The van der Waals surface area contributed by atoms with E-state index in [4.69, 9.17) is 9.47 Å². The molecule has 0 unspecified atom stereocenters. The molecule has 4 N–H and O–H groups in total. The first-order valence-corrected chi connectivity index (χ1v) is 21.0. The number of nitrogens with zero attached hydrogens (tertiary/aromatic N) is 1. The SMILES string of the molecule is Cc1ccc(S(=O)(=O)N[C@H](Cc2ccccc2)C(=O)NCc2ccccc2-c2ccc([C@@H]3O[C@H](CN4CC[C@H](O)C4)[C@H](C)[C@H](c4ccc(CO)cc4)O3)cc2)cc1. The first-order chi connectivity index (χ1) is 27.6. The lowest BCUT2D eigenvalue weighted by Crippen LogP contribution is -2.47. The van der Waals surface area contributed by atoms with Gasteiger partial charge >= 0.3 is 0 Å². The summed E-state index contributed by atoms with van der Waals surface area (Å²) in [5, 5.41) is 22.8. The minimum absolute atomic E-state index is 0.0281. The Morgan fingerprint density at radius 3 is 2.21 bits per heavy atom. The molecule has 0 aliphatic carbocycles. The summed E-state index contributed by atoms with van der Waals surface area (Å²) in [5.41, 5.74) is 7.22. The van der Waals surface area contributed by atoms with E-state index >= 15 is 0 Å². The zero-order valence-electron chi connectivity index (χ0n) is 32.3. The number of amides is 1. The highest BCUT2D eigenvalue weighted by atomic mass is 32.2. The number of hydrogen-bond donors (Lipinski definition) is 4.